The summed E-state index contributed by atoms with van der Waals surface area (Å²) in [5.41, 5.74) is 2.27. The number of hydrogen-bond donors (Lipinski definition) is 2. The molecular weight excluding hydrogens is 276 g/mol. The Morgan fingerprint density at radius 1 is 1.27 bits per heavy atom. The second kappa shape index (κ2) is 7.38. The Kier molecular flexibility index (Phi) is 5.26. The lowest BCUT2D eigenvalue weighted by Gasteiger charge is -2.32. The smallest absolute Gasteiger partial charge is 0.223 e. The molecular formula is C17H28N4O. The van der Waals surface area contributed by atoms with E-state index in [2.05, 4.69) is 28.2 Å². The van der Waals surface area contributed by atoms with E-state index in [-0.39, 0.29) is 6.61 Å². The summed E-state index contributed by atoms with van der Waals surface area (Å²) < 4.78 is 0. The van der Waals surface area contributed by atoms with Crippen LogP contribution in [0.2, 0.25) is 0 Å². The van der Waals surface area contributed by atoms with E-state index in [1.165, 1.54) is 37.8 Å². The van der Waals surface area contributed by atoms with Gasteiger partial charge in [0, 0.05) is 36.9 Å². The molecule has 0 radical (unpaired) electrons. The maximum atomic E-state index is 9.08. The number of β-amino-alcohol motifs (C(OH)–C–C–N with tert-alkyl or cyclic N) is 1. The predicted molar refractivity (Wildman–Crippen MR) is 88.1 cm³/mol. The van der Waals surface area contributed by atoms with Gasteiger partial charge in [-0.1, -0.05) is 6.42 Å². The third-order valence-corrected chi connectivity index (χ3v) is 4.97. The van der Waals surface area contributed by atoms with E-state index in [1.54, 1.807) is 0 Å². The highest BCUT2D eigenvalue weighted by Gasteiger charge is 2.22. The van der Waals surface area contributed by atoms with Crippen LogP contribution in [0.5, 0.6) is 0 Å². The van der Waals surface area contributed by atoms with E-state index in [0.717, 1.165) is 37.8 Å². The van der Waals surface area contributed by atoms with Crippen LogP contribution < -0.4 is 5.32 Å². The molecule has 5 nitrogen and oxygen atoms in total. The standard InChI is InChI=1S/C17H28N4O/c1-13-10-16(15-5-2-6-15)20-17(19-13)18-11-14-4-3-7-21(12-14)8-9-22/h10,14-15,22H,2-9,11-12H2,1H3,(H,18,19,20)/t14-/m0/s1. The zero-order chi connectivity index (χ0) is 15.4. The monoisotopic (exact) mass is 304 g/mol. The molecule has 1 aliphatic carbocycles. The fourth-order valence-electron chi connectivity index (χ4n) is 3.48. The maximum Gasteiger partial charge on any atom is 0.223 e. The minimum atomic E-state index is 0.256. The van der Waals surface area contributed by atoms with Crippen LogP contribution in [0, 0.1) is 12.8 Å². The maximum absolute atomic E-state index is 9.08. The molecule has 1 atom stereocenters. The average Bonchev–Trinajstić information content (AvgIpc) is 2.44. The van der Waals surface area contributed by atoms with Crippen LogP contribution in [0.1, 0.15) is 49.4 Å². The van der Waals surface area contributed by atoms with Crippen LogP contribution in [-0.2, 0) is 0 Å². The zero-order valence-electron chi connectivity index (χ0n) is 13.6. The van der Waals surface area contributed by atoms with Gasteiger partial charge >= 0.3 is 0 Å². The summed E-state index contributed by atoms with van der Waals surface area (Å²) in [4.78, 5) is 11.6. The first kappa shape index (κ1) is 15.7. The van der Waals surface area contributed by atoms with E-state index in [1.807, 2.05) is 0 Å². The van der Waals surface area contributed by atoms with E-state index in [9.17, 15) is 0 Å². The summed E-state index contributed by atoms with van der Waals surface area (Å²) in [7, 11) is 0. The van der Waals surface area contributed by atoms with Gasteiger partial charge in [-0.2, -0.15) is 0 Å². The average molecular weight is 304 g/mol. The van der Waals surface area contributed by atoms with Crippen LogP contribution in [0.15, 0.2) is 6.07 Å². The molecule has 0 bridgehead atoms. The molecule has 1 saturated heterocycles. The predicted octanol–water partition coefficient (Wildman–Crippen LogP) is 2.17. The third kappa shape index (κ3) is 3.96. The van der Waals surface area contributed by atoms with E-state index >= 15 is 0 Å². The number of aryl methyl sites for hydroxylation is 1. The first-order chi connectivity index (χ1) is 10.7. The van der Waals surface area contributed by atoms with Crippen molar-refractivity contribution in [2.75, 3.05) is 38.1 Å². The lowest BCUT2D eigenvalue weighted by molar-refractivity contribution is 0.144. The Balaban J connectivity index is 1.55. The largest absolute Gasteiger partial charge is 0.395 e. The third-order valence-electron chi connectivity index (χ3n) is 4.97. The number of aromatic nitrogens is 2. The van der Waals surface area contributed by atoms with Crippen molar-refractivity contribution in [2.45, 2.75) is 44.9 Å². The Morgan fingerprint density at radius 2 is 2.14 bits per heavy atom. The van der Waals surface area contributed by atoms with Gasteiger partial charge < -0.3 is 15.3 Å². The normalized spacial score (nSPS) is 23.3. The number of aliphatic hydroxyl groups excluding tert-OH is 1. The number of piperidine rings is 1. The lowest BCUT2D eigenvalue weighted by atomic mass is 9.83. The quantitative estimate of drug-likeness (QED) is 0.843. The number of likely N-dealkylation sites (tertiary alicyclic amines) is 1. The SMILES string of the molecule is Cc1cc(C2CCC2)nc(NC[C@@H]2CCCN(CCO)C2)n1. The number of aliphatic hydroxyl groups is 1. The van der Waals surface area contributed by atoms with Gasteiger partial charge in [-0.05, 0) is 51.1 Å². The zero-order valence-corrected chi connectivity index (χ0v) is 13.6. The molecule has 1 saturated carbocycles. The van der Waals surface area contributed by atoms with Crippen molar-refractivity contribution in [1.82, 2.24) is 14.9 Å². The second-order valence-electron chi connectivity index (χ2n) is 6.80. The summed E-state index contributed by atoms with van der Waals surface area (Å²) in [6, 6.07) is 2.14. The molecule has 0 amide bonds. The van der Waals surface area contributed by atoms with Crippen LogP contribution in [0.3, 0.4) is 0 Å². The molecule has 2 heterocycles. The highest BCUT2D eigenvalue weighted by Crippen LogP contribution is 2.35. The number of hydrogen-bond acceptors (Lipinski definition) is 5. The van der Waals surface area contributed by atoms with Gasteiger partial charge in [-0.3, -0.25) is 0 Å². The van der Waals surface area contributed by atoms with Crippen molar-refractivity contribution in [3.05, 3.63) is 17.5 Å². The van der Waals surface area contributed by atoms with Crippen molar-refractivity contribution < 1.29 is 5.11 Å². The summed E-state index contributed by atoms with van der Waals surface area (Å²) >= 11 is 0. The molecule has 0 spiro atoms. The van der Waals surface area contributed by atoms with Crippen LogP contribution in [0.25, 0.3) is 0 Å². The van der Waals surface area contributed by atoms with E-state index in [0.29, 0.717) is 11.8 Å². The van der Waals surface area contributed by atoms with Gasteiger partial charge in [0.25, 0.3) is 0 Å². The fourth-order valence-corrected chi connectivity index (χ4v) is 3.48. The number of nitrogens with one attached hydrogen (secondary N) is 1. The Bertz CT molecular complexity index is 488. The Hall–Kier alpha value is -1.20. The molecule has 2 N–H and O–H groups in total. The first-order valence-corrected chi connectivity index (χ1v) is 8.67. The summed E-state index contributed by atoms with van der Waals surface area (Å²) in [5, 5.41) is 12.5. The Morgan fingerprint density at radius 3 is 2.86 bits per heavy atom. The van der Waals surface area contributed by atoms with Crippen LogP contribution in [-0.4, -0.2) is 52.8 Å². The van der Waals surface area contributed by atoms with Crippen LogP contribution in [0.4, 0.5) is 5.95 Å². The van der Waals surface area contributed by atoms with Gasteiger partial charge in [-0.25, -0.2) is 9.97 Å². The molecule has 3 rings (SSSR count). The summed E-state index contributed by atoms with van der Waals surface area (Å²) in [5.74, 6) is 2.06. The highest BCUT2D eigenvalue weighted by atomic mass is 16.3. The Labute approximate surface area is 133 Å². The van der Waals surface area contributed by atoms with E-state index < -0.39 is 0 Å². The molecule has 1 aliphatic heterocycles. The molecule has 0 aromatic carbocycles. The van der Waals surface area contributed by atoms with Gasteiger partial charge in [0.2, 0.25) is 5.95 Å². The molecule has 1 aromatic heterocycles. The fraction of sp³-hybridized carbons (Fsp3) is 0.765. The van der Waals surface area contributed by atoms with Crippen molar-refractivity contribution >= 4 is 5.95 Å². The molecule has 122 valence electrons. The molecule has 2 fully saturated rings. The molecule has 1 aromatic rings. The topological polar surface area (TPSA) is 61.3 Å². The second-order valence-corrected chi connectivity index (χ2v) is 6.80. The van der Waals surface area contributed by atoms with Crippen LogP contribution >= 0.6 is 0 Å². The van der Waals surface area contributed by atoms with E-state index in [4.69, 9.17) is 10.1 Å². The number of rotatable bonds is 6. The van der Waals surface area contributed by atoms with Gasteiger partial charge in [0.05, 0.1) is 6.61 Å². The molecule has 0 unspecified atom stereocenters. The summed E-state index contributed by atoms with van der Waals surface area (Å²) in [6.07, 6.45) is 6.34. The number of nitrogens with zero attached hydrogens (tertiary/aromatic N) is 3. The van der Waals surface area contributed by atoms with Gasteiger partial charge in [-0.15, -0.1) is 0 Å². The molecule has 2 aliphatic rings. The van der Waals surface area contributed by atoms with Crippen molar-refractivity contribution in [3.8, 4) is 0 Å². The minimum Gasteiger partial charge on any atom is -0.395 e. The van der Waals surface area contributed by atoms with Gasteiger partial charge in [0.1, 0.15) is 0 Å². The first-order valence-electron chi connectivity index (χ1n) is 8.67. The highest BCUT2D eigenvalue weighted by molar-refractivity contribution is 5.30. The minimum absolute atomic E-state index is 0.256. The molecule has 5 heteroatoms. The van der Waals surface area contributed by atoms with Crippen molar-refractivity contribution in [2.24, 2.45) is 5.92 Å². The van der Waals surface area contributed by atoms with Crippen molar-refractivity contribution in [3.63, 3.8) is 0 Å². The van der Waals surface area contributed by atoms with Crippen molar-refractivity contribution in [1.29, 1.82) is 0 Å². The van der Waals surface area contributed by atoms with Gasteiger partial charge in [0.15, 0.2) is 0 Å². The summed E-state index contributed by atoms with van der Waals surface area (Å²) in [6.45, 7) is 6.21. The lowest BCUT2D eigenvalue weighted by Crippen LogP contribution is -2.39. The molecule has 22 heavy (non-hydrogen) atoms. The number of anilines is 1.